The number of nitrogens with zero attached hydrogens (tertiary/aromatic N) is 4. The summed E-state index contributed by atoms with van der Waals surface area (Å²) >= 11 is 1.84. The third-order valence-electron chi connectivity index (χ3n) is 9.03. The fourth-order valence-corrected chi connectivity index (χ4v) is 7.77. The average molecular weight is 823 g/mol. The van der Waals surface area contributed by atoms with Crippen LogP contribution in [0.2, 0.25) is 0 Å². The molecule has 0 atom stereocenters. The van der Waals surface area contributed by atoms with Gasteiger partial charge in [0.05, 0.1) is 0 Å². The Kier molecular flexibility index (Phi) is 7.35. The monoisotopic (exact) mass is 822 g/mol. The molecule has 0 N–H and O–H groups in total. The number of rotatable bonds is 4. The third-order valence-corrected chi connectivity index (χ3v) is 10.2. The van der Waals surface area contributed by atoms with Crippen LogP contribution >= 0.6 is 11.3 Å². The minimum Gasteiger partial charge on any atom is -0.509 e. The molecule has 3 aromatic heterocycles. The largest absolute Gasteiger partial charge is 0.509 e. The van der Waals surface area contributed by atoms with Crippen LogP contribution in [0, 0.1) is 18.8 Å². The van der Waals surface area contributed by atoms with Crippen LogP contribution in [0.5, 0.6) is 11.5 Å². The summed E-state index contributed by atoms with van der Waals surface area (Å²) in [6.45, 7) is 8.78. The van der Waals surface area contributed by atoms with E-state index in [1.807, 2.05) is 35.7 Å². The summed E-state index contributed by atoms with van der Waals surface area (Å²) in [5.74, 6) is 2.11. The maximum atomic E-state index is 6.48. The van der Waals surface area contributed by atoms with Gasteiger partial charge in [-0.3, -0.25) is 0 Å². The summed E-state index contributed by atoms with van der Waals surface area (Å²) < 4.78 is 11.3. The van der Waals surface area contributed by atoms with Crippen LogP contribution in [0.1, 0.15) is 26.3 Å². The summed E-state index contributed by atoms with van der Waals surface area (Å²) in [7, 11) is 2.09. The second-order valence-electron chi connectivity index (χ2n) is 13.1. The first-order chi connectivity index (χ1) is 22.8. The Morgan fingerprint density at radius 2 is 1.52 bits per heavy atom. The molecule has 0 fully saturated rings. The maximum Gasteiger partial charge on any atom is 0.135 e. The topological polar surface area (TPSA) is 33.5 Å². The average Bonchev–Trinajstić information content (AvgIpc) is 3.72. The van der Waals surface area contributed by atoms with Crippen molar-refractivity contribution in [2.75, 3.05) is 16.8 Å². The van der Waals surface area contributed by atoms with Gasteiger partial charge in [-0.1, -0.05) is 62.7 Å². The van der Waals surface area contributed by atoms with Gasteiger partial charge in [0.2, 0.25) is 0 Å². The van der Waals surface area contributed by atoms with E-state index in [-0.39, 0.29) is 26.5 Å². The Bertz CT molecular complexity index is 2510. The predicted molar refractivity (Wildman–Crippen MR) is 196 cm³/mol. The summed E-state index contributed by atoms with van der Waals surface area (Å²) in [4.78, 5) is 9.16. The van der Waals surface area contributed by atoms with Gasteiger partial charge in [0.1, 0.15) is 5.82 Å². The van der Waals surface area contributed by atoms with Crippen molar-refractivity contribution in [3.63, 3.8) is 0 Å². The van der Waals surface area contributed by atoms with Crippen molar-refractivity contribution in [3.8, 4) is 17.3 Å². The molecule has 1 aliphatic rings. The molecule has 0 amide bonds. The van der Waals surface area contributed by atoms with Crippen LogP contribution in [-0.4, -0.2) is 16.6 Å². The molecule has 5 aromatic carbocycles. The van der Waals surface area contributed by atoms with E-state index in [1.54, 1.807) is 0 Å². The van der Waals surface area contributed by atoms with E-state index in [2.05, 4.69) is 146 Å². The minimum absolute atomic E-state index is 0. The molecule has 0 bridgehead atoms. The van der Waals surface area contributed by atoms with E-state index in [1.165, 1.54) is 31.4 Å². The minimum atomic E-state index is 0. The van der Waals surface area contributed by atoms with Gasteiger partial charge in [-0.15, -0.1) is 52.7 Å². The zero-order valence-electron chi connectivity index (χ0n) is 26.9. The zero-order valence-corrected chi connectivity index (χ0v) is 30.0. The molecule has 1 aliphatic heterocycles. The summed E-state index contributed by atoms with van der Waals surface area (Å²) in [5, 5.41) is 4.81. The van der Waals surface area contributed by atoms with Crippen LogP contribution in [-0.2, 0) is 26.5 Å². The van der Waals surface area contributed by atoms with Gasteiger partial charge in [-0.25, -0.2) is 4.98 Å². The molecule has 4 heterocycles. The molecule has 0 radical (unpaired) electrons. The Balaban J connectivity index is 0.00000336. The van der Waals surface area contributed by atoms with Gasteiger partial charge >= 0.3 is 0 Å². The summed E-state index contributed by atoms with van der Waals surface area (Å²) in [5.41, 5.74) is 6.44. The first-order valence-corrected chi connectivity index (χ1v) is 16.6. The Morgan fingerprint density at radius 3 is 2.38 bits per heavy atom. The first kappa shape index (κ1) is 30.7. The Labute approximate surface area is 298 Å². The molecule has 0 spiro atoms. The number of hydrogen-bond donors (Lipinski definition) is 0. The molecule has 7 heteroatoms. The van der Waals surface area contributed by atoms with Crippen LogP contribution in [0.25, 0.3) is 47.8 Å². The quantitative estimate of drug-likeness (QED) is 0.166. The molecule has 9 rings (SSSR count). The van der Waals surface area contributed by atoms with Crippen molar-refractivity contribution < 1.29 is 25.8 Å². The predicted octanol–water partition coefficient (Wildman–Crippen LogP) is 10.9. The molecule has 0 saturated heterocycles. The standard InChI is InChI=1S/C41H31N4OS.Pt/c1-41(2,3)26-18-19-42-40(20-26)45-34-14-7-5-12-30(34)31-17-16-29(22-35(31)45)46-28-11-9-10-27(21-28)44-25-43(4)36-24-39-33(23-37(36)44)32-13-6-8-15-38(32)47-39;/h5-20,23-25H,1-4H3;/q-3;. The van der Waals surface area contributed by atoms with Crippen molar-refractivity contribution in [1.29, 1.82) is 0 Å². The van der Waals surface area contributed by atoms with Gasteiger partial charge in [0.15, 0.2) is 0 Å². The molecule has 240 valence electrons. The zero-order chi connectivity index (χ0) is 31.9. The van der Waals surface area contributed by atoms with Gasteiger partial charge in [0, 0.05) is 75.8 Å². The maximum absolute atomic E-state index is 6.48. The Morgan fingerprint density at radius 1 is 0.729 bits per heavy atom. The fraction of sp³-hybridized carbons (Fsp3) is 0.122. The van der Waals surface area contributed by atoms with Gasteiger partial charge < -0.3 is 19.1 Å². The second-order valence-corrected chi connectivity index (χ2v) is 14.2. The van der Waals surface area contributed by atoms with E-state index in [0.717, 1.165) is 39.0 Å². The van der Waals surface area contributed by atoms with Crippen molar-refractivity contribution in [2.45, 2.75) is 26.2 Å². The molecular weight excluding hydrogens is 792 g/mol. The van der Waals surface area contributed by atoms with Crippen LogP contribution in [0.3, 0.4) is 0 Å². The molecule has 0 unspecified atom stereocenters. The number of pyridine rings is 1. The van der Waals surface area contributed by atoms with E-state index >= 15 is 0 Å². The van der Waals surface area contributed by atoms with Crippen LogP contribution in [0.15, 0.2) is 109 Å². The van der Waals surface area contributed by atoms with Crippen molar-refractivity contribution in [3.05, 3.63) is 134 Å². The summed E-state index contributed by atoms with van der Waals surface area (Å²) in [6, 6.07) is 43.2. The van der Waals surface area contributed by atoms with Crippen molar-refractivity contribution >= 4 is 70.4 Å². The van der Waals surface area contributed by atoms with Crippen LogP contribution < -0.4 is 14.5 Å². The Hall–Kier alpha value is -4.64. The second kappa shape index (κ2) is 11.5. The molecule has 5 nitrogen and oxygen atoms in total. The number of ether oxygens (including phenoxy) is 1. The van der Waals surface area contributed by atoms with E-state index < -0.39 is 0 Å². The van der Waals surface area contributed by atoms with E-state index in [4.69, 9.17) is 9.72 Å². The summed E-state index contributed by atoms with van der Waals surface area (Å²) in [6.07, 6.45) is 1.90. The van der Waals surface area contributed by atoms with Gasteiger partial charge in [-0.05, 0) is 59.8 Å². The van der Waals surface area contributed by atoms with Crippen molar-refractivity contribution in [2.24, 2.45) is 0 Å². The number of fused-ring (bicyclic) bond motifs is 7. The van der Waals surface area contributed by atoms with E-state index in [0.29, 0.717) is 11.5 Å². The van der Waals surface area contributed by atoms with Gasteiger partial charge in [0.25, 0.3) is 0 Å². The number of aromatic nitrogens is 2. The molecule has 0 aliphatic carbocycles. The smallest absolute Gasteiger partial charge is 0.135 e. The third kappa shape index (κ3) is 4.98. The molecular formula is C41H31N4OPtS-3. The first-order valence-electron chi connectivity index (χ1n) is 15.8. The van der Waals surface area contributed by atoms with Crippen molar-refractivity contribution in [1.82, 2.24) is 9.55 Å². The molecule has 48 heavy (non-hydrogen) atoms. The number of thiophene rings is 1. The number of para-hydroxylation sites is 1. The SMILES string of the molecule is CN1[CH-]N(c2[c-]c(Oc3[c-]c4c(cc3)c3ccccc3n4-c3cc(C(C)(C)C)ccn3)ccc2)c2cc3c(cc21)sc1ccccc13.[Pt]. The van der Waals surface area contributed by atoms with E-state index in [9.17, 15) is 0 Å². The normalized spacial score (nSPS) is 13.1. The van der Waals surface area contributed by atoms with Gasteiger partial charge in [-0.2, -0.15) is 18.8 Å². The fourth-order valence-electron chi connectivity index (χ4n) is 6.65. The number of benzene rings is 5. The van der Waals surface area contributed by atoms with Crippen LogP contribution in [0.4, 0.5) is 17.1 Å². The molecule has 0 saturated carbocycles. The number of hydrogen-bond acceptors (Lipinski definition) is 5. The number of anilines is 3. The molecule has 8 aromatic rings.